The van der Waals surface area contributed by atoms with Crippen LogP contribution >= 0.6 is 0 Å². The molecule has 0 N–H and O–H groups in total. The van der Waals surface area contributed by atoms with Crippen molar-refractivity contribution in [1.82, 2.24) is 9.80 Å². The minimum absolute atomic E-state index is 0.160. The average molecular weight is 260 g/mol. The van der Waals surface area contributed by atoms with E-state index in [2.05, 4.69) is 11.8 Å². The molecule has 2 aliphatic heterocycles. The van der Waals surface area contributed by atoms with Crippen LogP contribution in [0.3, 0.4) is 0 Å². The van der Waals surface area contributed by atoms with Crippen molar-refractivity contribution >= 4 is 6.09 Å². The molecule has 2 bridgehead atoms. The number of likely N-dealkylation sites (N-methyl/N-ethyl adjacent to an activating group) is 1. The molecule has 0 aliphatic carbocycles. The molecular weight excluding hydrogens is 240 g/mol. The largest absolute Gasteiger partial charge is 0.445 e. The van der Waals surface area contributed by atoms with E-state index < -0.39 is 0 Å². The Kier molecular flexibility index (Phi) is 3.42. The van der Waals surface area contributed by atoms with Crippen molar-refractivity contribution in [2.75, 3.05) is 19.6 Å². The van der Waals surface area contributed by atoms with Crippen molar-refractivity contribution in [2.24, 2.45) is 0 Å². The summed E-state index contributed by atoms with van der Waals surface area (Å²) in [5.41, 5.74) is 1.04. The van der Waals surface area contributed by atoms with Gasteiger partial charge in [-0.15, -0.1) is 0 Å². The fourth-order valence-electron chi connectivity index (χ4n) is 3.16. The number of carbonyl (C=O) groups is 1. The predicted octanol–water partition coefficient (Wildman–Crippen LogP) is 2.10. The van der Waals surface area contributed by atoms with E-state index >= 15 is 0 Å². The van der Waals surface area contributed by atoms with Crippen LogP contribution in [0.2, 0.25) is 0 Å². The molecule has 0 unspecified atom stereocenters. The lowest BCUT2D eigenvalue weighted by Gasteiger charge is -2.32. The van der Waals surface area contributed by atoms with E-state index in [0.717, 1.165) is 31.6 Å². The number of benzene rings is 1. The number of nitrogens with zero attached hydrogens (tertiary/aromatic N) is 2. The lowest BCUT2D eigenvalue weighted by atomic mass is 10.2. The third kappa shape index (κ3) is 2.45. The smallest absolute Gasteiger partial charge is 0.410 e. The van der Waals surface area contributed by atoms with Gasteiger partial charge in [0.1, 0.15) is 6.61 Å². The lowest BCUT2D eigenvalue weighted by Crippen LogP contribution is -2.48. The molecule has 4 heteroatoms. The van der Waals surface area contributed by atoms with Crippen LogP contribution < -0.4 is 0 Å². The maximum Gasteiger partial charge on any atom is 0.410 e. The highest BCUT2D eigenvalue weighted by Gasteiger charge is 2.45. The first kappa shape index (κ1) is 12.5. The molecule has 3 rings (SSSR count). The van der Waals surface area contributed by atoms with Gasteiger partial charge in [-0.25, -0.2) is 4.79 Å². The minimum atomic E-state index is -0.160. The lowest BCUT2D eigenvalue weighted by molar-refractivity contribution is 0.0707. The van der Waals surface area contributed by atoms with Crippen molar-refractivity contribution in [3.8, 4) is 0 Å². The van der Waals surface area contributed by atoms with E-state index in [1.54, 1.807) is 0 Å². The molecule has 1 amide bonds. The zero-order valence-electron chi connectivity index (χ0n) is 11.3. The van der Waals surface area contributed by atoms with Gasteiger partial charge >= 0.3 is 6.09 Å². The first-order chi connectivity index (χ1) is 9.28. The van der Waals surface area contributed by atoms with E-state index in [1.165, 1.54) is 0 Å². The van der Waals surface area contributed by atoms with Gasteiger partial charge in [-0.2, -0.15) is 0 Å². The second-order valence-corrected chi connectivity index (χ2v) is 5.32. The second kappa shape index (κ2) is 5.21. The molecule has 1 aromatic carbocycles. The third-order valence-electron chi connectivity index (χ3n) is 4.20. The molecule has 4 nitrogen and oxygen atoms in total. The number of hydrogen-bond donors (Lipinski definition) is 0. The second-order valence-electron chi connectivity index (χ2n) is 5.32. The summed E-state index contributed by atoms with van der Waals surface area (Å²) < 4.78 is 5.40. The van der Waals surface area contributed by atoms with Crippen molar-refractivity contribution in [2.45, 2.75) is 32.0 Å². The van der Waals surface area contributed by atoms with Crippen LogP contribution in [0.4, 0.5) is 4.79 Å². The molecule has 0 spiro atoms. The molecule has 19 heavy (non-hydrogen) atoms. The van der Waals surface area contributed by atoms with Crippen LogP contribution in [0, 0.1) is 0 Å². The first-order valence-corrected chi connectivity index (χ1v) is 6.99. The van der Waals surface area contributed by atoms with Gasteiger partial charge in [0.15, 0.2) is 0 Å². The highest BCUT2D eigenvalue weighted by atomic mass is 16.6. The molecule has 2 aliphatic rings. The van der Waals surface area contributed by atoms with Crippen LogP contribution in [0.5, 0.6) is 0 Å². The van der Waals surface area contributed by atoms with Crippen LogP contribution in [0.15, 0.2) is 30.3 Å². The van der Waals surface area contributed by atoms with E-state index in [9.17, 15) is 4.79 Å². The summed E-state index contributed by atoms with van der Waals surface area (Å²) in [6.07, 6.45) is 0.945. The van der Waals surface area contributed by atoms with E-state index in [-0.39, 0.29) is 6.09 Å². The van der Waals surface area contributed by atoms with Gasteiger partial charge in [0.05, 0.1) is 0 Å². The Labute approximate surface area is 113 Å². The normalized spacial score (nSPS) is 25.8. The number of carbonyl (C=O) groups excluding carboxylic acids is 1. The summed E-state index contributed by atoms with van der Waals surface area (Å²) in [6.45, 7) is 5.45. The quantitative estimate of drug-likeness (QED) is 0.834. The number of piperazine rings is 1. The topological polar surface area (TPSA) is 32.8 Å². The maximum atomic E-state index is 12.1. The first-order valence-electron chi connectivity index (χ1n) is 6.99. The summed E-state index contributed by atoms with van der Waals surface area (Å²) in [4.78, 5) is 16.4. The summed E-state index contributed by atoms with van der Waals surface area (Å²) in [5.74, 6) is 0. The Hall–Kier alpha value is -1.55. The number of likely N-dealkylation sites (tertiary alicyclic amines) is 2. The van der Waals surface area contributed by atoms with Crippen molar-refractivity contribution in [1.29, 1.82) is 0 Å². The van der Waals surface area contributed by atoms with Gasteiger partial charge in [0.25, 0.3) is 0 Å². The summed E-state index contributed by atoms with van der Waals surface area (Å²) in [6, 6.07) is 10.7. The Balaban J connectivity index is 1.53. The molecule has 1 aromatic rings. The van der Waals surface area contributed by atoms with Crippen LogP contribution in [0.1, 0.15) is 18.9 Å². The average Bonchev–Trinajstić information content (AvgIpc) is 3.05. The van der Waals surface area contributed by atoms with Gasteiger partial charge < -0.3 is 9.64 Å². The Morgan fingerprint density at radius 3 is 2.68 bits per heavy atom. The highest BCUT2D eigenvalue weighted by Crippen LogP contribution is 2.30. The molecule has 2 atom stereocenters. The Morgan fingerprint density at radius 1 is 1.26 bits per heavy atom. The van der Waals surface area contributed by atoms with Gasteiger partial charge in [-0.1, -0.05) is 37.3 Å². The maximum absolute atomic E-state index is 12.1. The standard InChI is InChI=1S/C15H20N2O2/c1-2-16-9-14-8-13(16)10-17(14)15(18)19-11-12-6-4-3-5-7-12/h3-7,13-14H,2,8-11H2,1H3/t13-,14-/m0/s1. The number of hydrogen-bond acceptors (Lipinski definition) is 3. The Bertz CT molecular complexity index is 449. The van der Waals surface area contributed by atoms with Gasteiger partial charge in [-0.3, -0.25) is 4.90 Å². The van der Waals surface area contributed by atoms with Crippen LogP contribution in [-0.2, 0) is 11.3 Å². The van der Waals surface area contributed by atoms with Gasteiger partial charge in [-0.05, 0) is 18.5 Å². The van der Waals surface area contributed by atoms with Crippen molar-refractivity contribution < 1.29 is 9.53 Å². The van der Waals surface area contributed by atoms with Crippen molar-refractivity contribution in [3.63, 3.8) is 0 Å². The molecule has 2 fully saturated rings. The minimum Gasteiger partial charge on any atom is -0.445 e. The van der Waals surface area contributed by atoms with E-state index in [1.807, 2.05) is 35.2 Å². The van der Waals surface area contributed by atoms with Crippen molar-refractivity contribution in [3.05, 3.63) is 35.9 Å². The summed E-state index contributed by atoms with van der Waals surface area (Å²) in [7, 11) is 0. The monoisotopic (exact) mass is 260 g/mol. The molecule has 2 heterocycles. The molecular formula is C15H20N2O2. The van der Waals surface area contributed by atoms with Gasteiger partial charge in [0, 0.05) is 25.2 Å². The van der Waals surface area contributed by atoms with Crippen LogP contribution in [-0.4, -0.2) is 47.6 Å². The van der Waals surface area contributed by atoms with E-state index in [0.29, 0.717) is 18.7 Å². The summed E-state index contributed by atoms with van der Waals surface area (Å²) >= 11 is 0. The molecule has 0 radical (unpaired) electrons. The number of rotatable bonds is 3. The summed E-state index contributed by atoms with van der Waals surface area (Å²) in [5, 5.41) is 0. The molecule has 2 saturated heterocycles. The van der Waals surface area contributed by atoms with Crippen LogP contribution in [0.25, 0.3) is 0 Å². The fourth-order valence-corrected chi connectivity index (χ4v) is 3.16. The molecule has 102 valence electrons. The SMILES string of the molecule is CCN1C[C@@H]2C[C@H]1CN2C(=O)OCc1ccccc1. The Morgan fingerprint density at radius 2 is 2.05 bits per heavy atom. The number of ether oxygens (including phenoxy) is 1. The fraction of sp³-hybridized carbons (Fsp3) is 0.533. The third-order valence-corrected chi connectivity index (χ3v) is 4.20. The highest BCUT2D eigenvalue weighted by molar-refractivity contribution is 5.69. The molecule has 0 saturated carbocycles. The van der Waals surface area contributed by atoms with E-state index in [4.69, 9.17) is 4.74 Å². The number of amides is 1. The zero-order valence-corrected chi connectivity index (χ0v) is 11.3. The predicted molar refractivity (Wildman–Crippen MR) is 72.8 cm³/mol. The number of fused-ring (bicyclic) bond motifs is 2. The zero-order chi connectivity index (χ0) is 13.2. The molecule has 0 aromatic heterocycles. The van der Waals surface area contributed by atoms with Gasteiger partial charge in [0.2, 0.25) is 0 Å².